The first-order valence-electron chi connectivity index (χ1n) is 9.32. The van der Waals surface area contributed by atoms with Crippen LogP contribution in [0, 0.1) is 5.82 Å². The summed E-state index contributed by atoms with van der Waals surface area (Å²) in [6.45, 7) is -1.03. The molecule has 0 spiro atoms. The molecule has 3 rings (SSSR count). The quantitative estimate of drug-likeness (QED) is 0.542. The summed E-state index contributed by atoms with van der Waals surface area (Å²) < 4.78 is 24.0. The van der Waals surface area contributed by atoms with Crippen LogP contribution in [0.25, 0.3) is 0 Å². The van der Waals surface area contributed by atoms with Crippen LogP contribution in [0.4, 0.5) is 10.1 Å². The van der Waals surface area contributed by atoms with Crippen molar-refractivity contribution in [3.63, 3.8) is 0 Å². The number of carbonyl (C=O) groups is 3. The average molecular weight is 422 g/mol. The summed E-state index contributed by atoms with van der Waals surface area (Å²) in [5.74, 6) is -1.54. The third-order valence-electron chi connectivity index (χ3n) is 3.99. The number of carbonyl (C=O) groups excluding carboxylic acids is 3. The molecule has 0 aliphatic heterocycles. The molecule has 7 nitrogen and oxygen atoms in total. The zero-order chi connectivity index (χ0) is 22.1. The zero-order valence-corrected chi connectivity index (χ0v) is 16.3. The van der Waals surface area contributed by atoms with Gasteiger partial charge in [0.15, 0.2) is 6.61 Å². The largest absolute Gasteiger partial charge is 0.457 e. The highest BCUT2D eigenvalue weighted by atomic mass is 19.1. The number of nitrogens with one attached hydrogen (secondary N) is 2. The van der Waals surface area contributed by atoms with Crippen molar-refractivity contribution in [3.8, 4) is 11.5 Å². The predicted molar refractivity (Wildman–Crippen MR) is 111 cm³/mol. The minimum absolute atomic E-state index is 0.187. The molecule has 3 aromatic carbocycles. The van der Waals surface area contributed by atoms with E-state index in [0.29, 0.717) is 17.2 Å². The Balaban J connectivity index is 1.40. The van der Waals surface area contributed by atoms with E-state index in [1.807, 2.05) is 30.3 Å². The predicted octanol–water partition coefficient (Wildman–Crippen LogP) is 3.53. The van der Waals surface area contributed by atoms with E-state index in [0.717, 1.165) is 6.07 Å². The Morgan fingerprint density at radius 2 is 1.45 bits per heavy atom. The Bertz CT molecular complexity index is 1060. The summed E-state index contributed by atoms with van der Waals surface area (Å²) in [6.07, 6.45) is 0. The van der Waals surface area contributed by atoms with Crippen LogP contribution in [0.2, 0.25) is 0 Å². The first kappa shape index (κ1) is 21.5. The minimum atomic E-state index is -0.827. The second kappa shape index (κ2) is 10.5. The topological polar surface area (TPSA) is 93.7 Å². The van der Waals surface area contributed by atoms with Gasteiger partial charge in [-0.25, -0.2) is 4.39 Å². The third kappa shape index (κ3) is 6.67. The van der Waals surface area contributed by atoms with Crippen LogP contribution in [0.15, 0.2) is 78.9 Å². The van der Waals surface area contributed by atoms with E-state index in [9.17, 15) is 18.8 Å². The number of rotatable bonds is 8. The van der Waals surface area contributed by atoms with E-state index < -0.39 is 36.8 Å². The van der Waals surface area contributed by atoms with E-state index in [2.05, 4.69) is 10.6 Å². The second-order valence-electron chi connectivity index (χ2n) is 6.31. The van der Waals surface area contributed by atoms with Gasteiger partial charge in [0, 0.05) is 5.69 Å². The van der Waals surface area contributed by atoms with Crippen LogP contribution in [0.3, 0.4) is 0 Å². The Morgan fingerprint density at radius 1 is 0.806 bits per heavy atom. The second-order valence-corrected chi connectivity index (χ2v) is 6.31. The number of hydrogen-bond acceptors (Lipinski definition) is 5. The molecule has 31 heavy (non-hydrogen) atoms. The van der Waals surface area contributed by atoms with Crippen LogP contribution < -0.4 is 15.4 Å². The molecule has 0 aliphatic carbocycles. The average Bonchev–Trinajstić information content (AvgIpc) is 2.78. The standard InChI is InChI=1S/C23H19FN2O5/c24-20-9-5-4-8-19(20)23(29)25-14-22(28)30-15-21(27)26-16-10-12-18(13-11-16)31-17-6-2-1-3-7-17/h1-13H,14-15H2,(H,25,29)(H,26,27). The Hall–Kier alpha value is -4.20. The van der Waals surface area contributed by atoms with Crippen molar-refractivity contribution in [3.05, 3.63) is 90.2 Å². The highest BCUT2D eigenvalue weighted by Gasteiger charge is 2.13. The first-order valence-corrected chi connectivity index (χ1v) is 9.32. The fourth-order valence-electron chi connectivity index (χ4n) is 2.52. The molecule has 0 unspecified atom stereocenters. The summed E-state index contributed by atoms with van der Waals surface area (Å²) in [5, 5.41) is 4.82. The molecule has 8 heteroatoms. The highest BCUT2D eigenvalue weighted by Crippen LogP contribution is 2.22. The molecule has 0 aliphatic rings. The van der Waals surface area contributed by atoms with Gasteiger partial charge in [0.1, 0.15) is 23.9 Å². The number of halogens is 1. The molecule has 0 radical (unpaired) electrons. The third-order valence-corrected chi connectivity index (χ3v) is 3.99. The molecule has 2 amide bonds. The number of benzene rings is 3. The summed E-state index contributed by atoms with van der Waals surface area (Å²) in [7, 11) is 0. The maximum absolute atomic E-state index is 13.5. The zero-order valence-electron chi connectivity index (χ0n) is 16.3. The first-order chi connectivity index (χ1) is 15.0. The smallest absolute Gasteiger partial charge is 0.325 e. The molecular formula is C23H19FN2O5. The maximum Gasteiger partial charge on any atom is 0.325 e. The molecule has 0 atom stereocenters. The number of hydrogen-bond donors (Lipinski definition) is 2. The van der Waals surface area contributed by atoms with Crippen molar-refractivity contribution in [1.82, 2.24) is 5.32 Å². The van der Waals surface area contributed by atoms with Gasteiger partial charge in [-0.05, 0) is 48.5 Å². The van der Waals surface area contributed by atoms with Crippen LogP contribution in [-0.4, -0.2) is 30.9 Å². The molecule has 0 saturated heterocycles. The summed E-state index contributed by atoms with van der Waals surface area (Å²) >= 11 is 0. The van der Waals surface area contributed by atoms with Crippen molar-refractivity contribution < 1.29 is 28.2 Å². The van der Waals surface area contributed by atoms with Crippen molar-refractivity contribution in [2.75, 3.05) is 18.5 Å². The van der Waals surface area contributed by atoms with E-state index >= 15 is 0 Å². The molecule has 2 N–H and O–H groups in total. The number of para-hydroxylation sites is 1. The van der Waals surface area contributed by atoms with Gasteiger partial charge in [-0.1, -0.05) is 30.3 Å². The van der Waals surface area contributed by atoms with Crippen molar-refractivity contribution in [2.24, 2.45) is 0 Å². The molecule has 0 fully saturated rings. The van der Waals surface area contributed by atoms with E-state index in [4.69, 9.17) is 9.47 Å². The van der Waals surface area contributed by atoms with Crippen molar-refractivity contribution >= 4 is 23.5 Å². The Labute approximate surface area is 177 Å². The fourth-order valence-corrected chi connectivity index (χ4v) is 2.52. The van der Waals surface area contributed by atoms with Crippen LogP contribution >= 0.6 is 0 Å². The van der Waals surface area contributed by atoms with Crippen LogP contribution in [-0.2, 0) is 14.3 Å². The van der Waals surface area contributed by atoms with Gasteiger partial charge in [0.2, 0.25) is 0 Å². The fraction of sp³-hybridized carbons (Fsp3) is 0.0870. The number of esters is 1. The molecule has 0 saturated carbocycles. The van der Waals surface area contributed by atoms with Gasteiger partial charge >= 0.3 is 5.97 Å². The lowest BCUT2D eigenvalue weighted by Crippen LogP contribution is -2.32. The molecule has 0 aromatic heterocycles. The Morgan fingerprint density at radius 3 is 2.16 bits per heavy atom. The molecule has 158 valence electrons. The van der Waals surface area contributed by atoms with Gasteiger partial charge in [-0.3, -0.25) is 14.4 Å². The minimum Gasteiger partial charge on any atom is -0.457 e. The summed E-state index contributed by atoms with van der Waals surface area (Å²) in [4.78, 5) is 35.5. The van der Waals surface area contributed by atoms with Gasteiger partial charge in [0.05, 0.1) is 5.56 Å². The molecular weight excluding hydrogens is 403 g/mol. The number of amides is 2. The monoisotopic (exact) mass is 422 g/mol. The van der Waals surface area contributed by atoms with Crippen molar-refractivity contribution in [2.45, 2.75) is 0 Å². The highest BCUT2D eigenvalue weighted by molar-refractivity contribution is 5.96. The van der Waals surface area contributed by atoms with E-state index in [1.54, 1.807) is 24.3 Å². The van der Waals surface area contributed by atoms with Gasteiger partial charge in [-0.15, -0.1) is 0 Å². The van der Waals surface area contributed by atoms with E-state index in [-0.39, 0.29) is 5.56 Å². The van der Waals surface area contributed by atoms with Gasteiger partial charge < -0.3 is 20.1 Å². The number of ether oxygens (including phenoxy) is 2. The van der Waals surface area contributed by atoms with Gasteiger partial charge in [-0.2, -0.15) is 0 Å². The summed E-state index contributed by atoms with van der Waals surface area (Å²) in [6, 6.07) is 21.3. The lowest BCUT2D eigenvalue weighted by Gasteiger charge is -2.09. The lowest BCUT2D eigenvalue weighted by atomic mass is 10.2. The molecule has 0 heterocycles. The van der Waals surface area contributed by atoms with Gasteiger partial charge in [0.25, 0.3) is 11.8 Å². The van der Waals surface area contributed by atoms with Crippen LogP contribution in [0.5, 0.6) is 11.5 Å². The van der Waals surface area contributed by atoms with Crippen LogP contribution in [0.1, 0.15) is 10.4 Å². The van der Waals surface area contributed by atoms with E-state index in [1.165, 1.54) is 18.2 Å². The summed E-state index contributed by atoms with van der Waals surface area (Å²) in [5.41, 5.74) is 0.307. The molecule has 0 bridgehead atoms. The van der Waals surface area contributed by atoms with Crippen molar-refractivity contribution in [1.29, 1.82) is 0 Å². The number of anilines is 1. The maximum atomic E-state index is 13.5. The SMILES string of the molecule is O=C(COC(=O)CNC(=O)c1ccccc1F)Nc1ccc(Oc2ccccc2)cc1. The molecule has 3 aromatic rings. The normalized spacial score (nSPS) is 10.1. The Kier molecular flexibility index (Phi) is 7.31. The lowest BCUT2D eigenvalue weighted by molar-refractivity contribution is -0.146.